The van der Waals surface area contributed by atoms with Gasteiger partial charge >= 0.3 is 0 Å². The Morgan fingerprint density at radius 2 is 2.05 bits per heavy atom. The summed E-state index contributed by atoms with van der Waals surface area (Å²) < 4.78 is 11.5. The number of furan rings is 1. The lowest BCUT2D eigenvalue weighted by atomic mass is 9.93. The molecule has 0 spiro atoms. The van der Waals surface area contributed by atoms with Crippen LogP contribution in [0.25, 0.3) is 0 Å². The Kier molecular flexibility index (Phi) is 4.57. The fourth-order valence-electron chi connectivity index (χ4n) is 3.39. The van der Waals surface area contributed by atoms with Gasteiger partial charge in [0.05, 0.1) is 19.0 Å². The van der Waals surface area contributed by atoms with E-state index in [1.54, 1.807) is 0 Å². The van der Waals surface area contributed by atoms with Gasteiger partial charge in [0.1, 0.15) is 5.76 Å². The number of fused-ring (bicyclic) bond motifs is 1. The molecular formula is C16H25NO2. The average Bonchev–Trinajstić information content (AvgIpc) is 2.94. The van der Waals surface area contributed by atoms with E-state index in [0.29, 0.717) is 12.1 Å². The third-order valence-electron chi connectivity index (χ3n) is 4.45. The largest absolute Gasteiger partial charge is 0.469 e. The van der Waals surface area contributed by atoms with Gasteiger partial charge in [0.15, 0.2) is 0 Å². The van der Waals surface area contributed by atoms with Gasteiger partial charge in [-0.1, -0.05) is 19.3 Å². The van der Waals surface area contributed by atoms with Crippen LogP contribution in [0, 0.1) is 0 Å². The molecule has 0 bridgehead atoms. The first-order valence-electron chi connectivity index (χ1n) is 7.85. The number of hydrogen-bond acceptors (Lipinski definition) is 3. The van der Waals surface area contributed by atoms with Gasteiger partial charge in [-0.05, 0) is 31.7 Å². The summed E-state index contributed by atoms with van der Waals surface area (Å²) in [6, 6.07) is 2.59. The maximum atomic E-state index is 5.96. The van der Waals surface area contributed by atoms with Crippen molar-refractivity contribution in [3.8, 4) is 0 Å². The Hall–Kier alpha value is -0.800. The van der Waals surface area contributed by atoms with Crippen molar-refractivity contribution >= 4 is 0 Å². The summed E-state index contributed by atoms with van der Waals surface area (Å²) in [5.41, 5.74) is 1.36. The smallest absolute Gasteiger partial charge is 0.108 e. The average molecular weight is 263 g/mol. The van der Waals surface area contributed by atoms with Gasteiger partial charge < -0.3 is 14.5 Å². The van der Waals surface area contributed by atoms with E-state index in [-0.39, 0.29) is 0 Å². The molecule has 0 radical (unpaired) electrons. The summed E-state index contributed by atoms with van der Waals surface area (Å²) in [4.78, 5) is 0. The van der Waals surface area contributed by atoms with Crippen LogP contribution in [0.4, 0.5) is 0 Å². The molecule has 1 saturated carbocycles. The molecule has 0 amide bonds. The van der Waals surface area contributed by atoms with Crippen LogP contribution in [-0.2, 0) is 11.2 Å². The second kappa shape index (κ2) is 6.58. The van der Waals surface area contributed by atoms with Crippen LogP contribution in [0.3, 0.4) is 0 Å². The second-order valence-electron chi connectivity index (χ2n) is 5.83. The number of nitrogens with one attached hydrogen (secondary N) is 1. The van der Waals surface area contributed by atoms with Crippen molar-refractivity contribution in [3.05, 3.63) is 23.7 Å². The fraction of sp³-hybridized carbons (Fsp3) is 0.750. The van der Waals surface area contributed by atoms with E-state index in [9.17, 15) is 0 Å². The lowest BCUT2D eigenvalue weighted by Gasteiger charge is -2.25. The Balaban J connectivity index is 1.39. The molecule has 1 aromatic heterocycles. The molecule has 1 heterocycles. The van der Waals surface area contributed by atoms with Crippen LogP contribution in [0.1, 0.15) is 62.3 Å². The second-order valence-corrected chi connectivity index (χ2v) is 5.83. The van der Waals surface area contributed by atoms with Gasteiger partial charge in [-0.25, -0.2) is 0 Å². The molecule has 3 nitrogen and oxygen atoms in total. The maximum absolute atomic E-state index is 5.96. The van der Waals surface area contributed by atoms with Gasteiger partial charge in [0, 0.05) is 24.6 Å². The zero-order valence-electron chi connectivity index (χ0n) is 11.7. The molecule has 1 fully saturated rings. The van der Waals surface area contributed by atoms with Crippen LogP contribution >= 0.6 is 0 Å². The molecule has 106 valence electrons. The van der Waals surface area contributed by atoms with Crippen molar-refractivity contribution in [2.45, 2.75) is 63.5 Å². The van der Waals surface area contributed by atoms with Crippen LogP contribution in [0.2, 0.25) is 0 Å². The SMILES string of the molecule is c1cc2c(o1)CCCC2NCCOC1CCCCC1. The summed E-state index contributed by atoms with van der Waals surface area (Å²) in [5, 5.41) is 3.62. The van der Waals surface area contributed by atoms with Crippen molar-refractivity contribution in [2.24, 2.45) is 0 Å². The Morgan fingerprint density at radius 1 is 1.16 bits per heavy atom. The standard InChI is InChI=1S/C16H25NO2/c1-2-5-13(6-3-1)18-12-10-17-15-7-4-8-16-14(15)9-11-19-16/h9,11,13,15,17H,1-8,10,12H2. The summed E-state index contributed by atoms with van der Waals surface area (Å²) in [5.74, 6) is 1.18. The van der Waals surface area contributed by atoms with Crippen LogP contribution < -0.4 is 5.32 Å². The normalized spacial score (nSPS) is 24.3. The predicted molar refractivity (Wildman–Crippen MR) is 75.2 cm³/mol. The first-order valence-corrected chi connectivity index (χ1v) is 7.85. The molecular weight excluding hydrogens is 238 g/mol. The van der Waals surface area contributed by atoms with E-state index in [1.807, 2.05) is 6.26 Å². The number of ether oxygens (including phenoxy) is 1. The molecule has 2 aliphatic carbocycles. The van der Waals surface area contributed by atoms with E-state index in [2.05, 4.69) is 11.4 Å². The molecule has 3 heteroatoms. The molecule has 3 rings (SSSR count). The maximum Gasteiger partial charge on any atom is 0.108 e. The lowest BCUT2D eigenvalue weighted by Crippen LogP contribution is -2.29. The van der Waals surface area contributed by atoms with Gasteiger partial charge in [-0.2, -0.15) is 0 Å². The molecule has 1 unspecified atom stereocenters. The van der Waals surface area contributed by atoms with E-state index >= 15 is 0 Å². The van der Waals surface area contributed by atoms with Gasteiger partial charge in [-0.3, -0.25) is 0 Å². The Morgan fingerprint density at radius 3 is 2.95 bits per heavy atom. The topological polar surface area (TPSA) is 34.4 Å². The number of rotatable bonds is 5. The van der Waals surface area contributed by atoms with Crippen molar-refractivity contribution in [3.63, 3.8) is 0 Å². The lowest BCUT2D eigenvalue weighted by molar-refractivity contribution is 0.0291. The van der Waals surface area contributed by atoms with Crippen molar-refractivity contribution in [1.29, 1.82) is 0 Å². The minimum Gasteiger partial charge on any atom is -0.469 e. The highest BCUT2D eigenvalue weighted by atomic mass is 16.5. The highest BCUT2D eigenvalue weighted by Gasteiger charge is 2.22. The van der Waals surface area contributed by atoms with Crippen molar-refractivity contribution in [2.75, 3.05) is 13.2 Å². The molecule has 1 atom stereocenters. The summed E-state index contributed by atoms with van der Waals surface area (Å²) in [6.07, 6.45) is 12.5. The number of hydrogen-bond donors (Lipinski definition) is 1. The summed E-state index contributed by atoms with van der Waals surface area (Å²) in [6.45, 7) is 1.79. The van der Waals surface area contributed by atoms with Crippen molar-refractivity contribution < 1.29 is 9.15 Å². The molecule has 19 heavy (non-hydrogen) atoms. The Labute approximate surface area is 115 Å². The highest BCUT2D eigenvalue weighted by molar-refractivity contribution is 5.23. The molecule has 2 aliphatic rings. The van der Waals surface area contributed by atoms with E-state index in [4.69, 9.17) is 9.15 Å². The molecule has 1 N–H and O–H groups in total. The third-order valence-corrected chi connectivity index (χ3v) is 4.45. The number of aryl methyl sites for hydroxylation is 1. The van der Waals surface area contributed by atoms with E-state index in [0.717, 1.165) is 19.6 Å². The quantitative estimate of drug-likeness (QED) is 0.824. The first-order chi connectivity index (χ1) is 9.43. The molecule has 0 saturated heterocycles. The predicted octanol–water partition coefficient (Wildman–Crippen LogP) is 3.60. The molecule has 1 aromatic rings. The zero-order chi connectivity index (χ0) is 12.9. The summed E-state index contributed by atoms with van der Waals surface area (Å²) in [7, 11) is 0. The van der Waals surface area contributed by atoms with E-state index in [1.165, 1.54) is 56.3 Å². The summed E-state index contributed by atoms with van der Waals surface area (Å²) >= 11 is 0. The fourth-order valence-corrected chi connectivity index (χ4v) is 3.39. The molecule has 0 aliphatic heterocycles. The third kappa shape index (κ3) is 3.40. The van der Waals surface area contributed by atoms with Crippen LogP contribution in [-0.4, -0.2) is 19.3 Å². The van der Waals surface area contributed by atoms with Gasteiger partial charge in [0.2, 0.25) is 0 Å². The van der Waals surface area contributed by atoms with Crippen LogP contribution in [0.5, 0.6) is 0 Å². The minimum absolute atomic E-state index is 0.470. The van der Waals surface area contributed by atoms with Crippen LogP contribution in [0.15, 0.2) is 16.7 Å². The van der Waals surface area contributed by atoms with Gasteiger partial charge in [0.25, 0.3) is 0 Å². The molecule has 0 aromatic carbocycles. The minimum atomic E-state index is 0.470. The zero-order valence-corrected chi connectivity index (χ0v) is 11.7. The monoisotopic (exact) mass is 263 g/mol. The van der Waals surface area contributed by atoms with Gasteiger partial charge in [-0.15, -0.1) is 0 Å². The van der Waals surface area contributed by atoms with Crippen molar-refractivity contribution in [1.82, 2.24) is 5.32 Å². The van der Waals surface area contributed by atoms with E-state index < -0.39 is 0 Å². The highest BCUT2D eigenvalue weighted by Crippen LogP contribution is 2.30. The Bertz CT molecular complexity index is 382. The first kappa shape index (κ1) is 13.2.